The van der Waals surface area contributed by atoms with Gasteiger partial charge in [-0.2, -0.15) is 0 Å². The maximum Gasteiger partial charge on any atom is 0.243 e. The van der Waals surface area contributed by atoms with E-state index >= 15 is 0 Å². The van der Waals surface area contributed by atoms with Gasteiger partial charge in [0.2, 0.25) is 41.4 Å². The summed E-state index contributed by atoms with van der Waals surface area (Å²) in [7, 11) is 0. The number of amides is 7. The maximum atomic E-state index is 14.4. The van der Waals surface area contributed by atoms with Crippen molar-refractivity contribution < 1.29 is 33.6 Å². The van der Waals surface area contributed by atoms with Gasteiger partial charge in [-0.25, -0.2) is 0 Å². The molecule has 7 atom stereocenters. The molecular formula is C51H75N11O7. The predicted octanol–water partition coefficient (Wildman–Crippen LogP) is 0.849. The van der Waals surface area contributed by atoms with E-state index in [0.29, 0.717) is 58.2 Å². The van der Waals surface area contributed by atoms with Gasteiger partial charge in [0.1, 0.15) is 36.3 Å². The topological polar surface area (TPSA) is 322 Å². The fraction of sp³-hybridized carbons (Fsp3) is 0.510. The van der Waals surface area contributed by atoms with E-state index in [-0.39, 0.29) is 50.9 Å². The van der Waals surface area contributed by atoms with Crippen molar-refractivity contribution in [1.29, 1.82) is 0 Å². The van der Waals surface area contributed by atoms with E-state index in [9.17, 15) is 33.6 Å². The SMILES string of the molecule is CC(C)C[C@@H]1NC(=O)[C@H](CCCCN)NC(=O)[C@H](CCCCN)NC(=O)[C@H](Cc2ccccc2)NC(=O)[C@H](CCCCN)NC(=O)[C@@H](N)Cc2ccc(cc2)-c2ccc(cc2)C[C@@H](C(N)=O)NC1=O. The zero-order valence-electron chi connectivity index (χ0n) is 40.2. The molecule has 3 aromatic rings. The van der Waals surface area contributed by atoms with Crippen molar-refractivity contribution in [3.8, 4) is 11.1 Å². The van der Waals surface area contributed by atoms with Crippen LogP contribution in [-0.2, 0) is 52.8 Å². The van der Waals surface area contributed by atoms with Gasteiger partial charge in [0, 0.05) is 12.8 Å². The molecule has 18 heteroatoms. The Balaban J connectivity index is 1.76. The maximum absolute atomic E-state index is 14.4. The fourth-order valence-electron chi connectivity index (χ4n) is 8.16. The molecule has 3 aliphatic rings. The van der Waals surface area contributed by atoms with Crippen molar-refractivity contribution in [3.63, 3.8) is 0 Å². The van der Waals surface area contributed by atoms with Crippen LogP contribution in [0.15, 0.2) is 78.9 Å². The second-order valence-electron chi connectivity index (χ2n) is 18.4. The molecule has 0 unspecified atom stereocenters. The summed E-state index contributed by atoms with van der Waals surface area (Å²) in [6, 6.07) is 16.2. The molecule has 18 nitrogen and oxygen atoms in total. The summed E-state index contributed by atoms with van der Waals surface area (Å²) in [6.45, 7) is 4.80. The number of fused-ring (bicyclic) bond motifs is 2. The molecule has 4 bridgehead atoms. The van der Waals surface area contributed by atoms with Crippen LogP contribution >= 0.6 is 0 Å². The zero-order valence-corrected chi connectivity index (χ0v) is 40.2. The van der Waals surface area contributed by atoms with Crippen LogP contribution in [0.2, 0.25) is 0 Å². The summed E-state index contributed by atoms with van der Waals surface area (Å²) in [6.07, 6.45) is 4.07. The third-order valence-electron chi connectivity index (χ3n) is 12.1. The van der Waals surface area contributed by atoms with Crippen molar-refractivity contribution in [2.24, 2.45) is 34.6 Å². The molecule has 0 aliphatic carbocycles. The monoisotopic (exact) mass is 954 g/mol. The van der Waals surface area contributed by atoms with Crippen molar-refractivity contribution in [2.45, 2.75) is 140 Å². The summed E-state index contributed by atoms with van der Waals surface area (Å²) >= 11 is 0. The van der Waals surface area contributed by atoms with Gasteiger partial charge in [-0.05, 0) is 124 Å². The van der Waals surface area contributed by atoms with E-state index in [0.717, 1.165) is 27.8 Å². The van der Waals surface area contributed by atoms with E-state index in [2.05, 4.69) is 31.9 Å². The number of carbonyl (C=O) groups excluding carboxylic acids is 7. The number of rotatable bonds is 17. The number of nitrogens with two attached hydrogens (primary N) is 5. The molecule has 69 heavy (non-hydrogen) atoms. The number of hydrogen-bond donors (Lipinski definition) is 11. The van der Waals surface area contributed by atoms with Gasteiger partial charge in [-0.15, -0.1) is 0 Å². The number of benzene rings is 3. The summed E-state index contributed by atoms with van der Waals surface area (Å²) in [5.74, 6) is -4.61. The summed E-state index contributed by atoms with van der Waals surface area (Å²) in [4.78, 5) is 97.7. The molecule has 0 aromatic heterocycles. The highest BCUT2D eigenvalue weighted by Crippen LogP contribution is 2.22. The summed E-state index contributed by atoms with van der Waals surface area (Å²) < 4.78 is 0. The largest absolute Gasteiger partial charge is 0.368 e. The molecule has 7 amide bonds. The molecule has 0 saturated carbocycles. The highest BCUT2D eigenvalue weighted by atomic mass is 16.2. The number of unbranched alkanes of at least 4 members (excludes halogenated alkanes) is 3. The predicted molar refractivity (Wildman–Crippen MR) is 266 cm³/mol. The molecule has 3 aliphatic heterocycles. The standard InChI is InChI=1S/C51H75N11O7/c1-32(2)28-43-50(68)60-42(45(56)63)30-35-19-23-37(24-20-35)36-21-17-34(18-22-36)29-38(55)46(64)57-39(14-6-9-25-52)48(66)62-44(31-33-12-4-3-5-13-33)51(69)59-40(15-7-10-26-53)47(65)58-41(49(67)61-43)16-8-11-27-54/h3-5,12-13,17-24,32,38-44H,6-11,14-16,25-31,52-55H2,1-2H3,(H2,56,63)(H,57,64)(H,58,65)(H,59,69)(H,60,68)(H,61,67)(H,62,66)/t38-,39-,40-,41-,42-,43-,44-/m0/s1. The van der Waals surface area contributed by atoms with E-state index in [1.54, 1.807) is 24.3 Å². The molecule has 0 spiro atoms. The molecular weight excluding hydrogens is 879 g/mol. The fourth-order valence-corrected chi connectivity index (χ4v) is 8.16. The number of primary amides is 1. The van der Waals surface area contributed by atoms with Gasteiger partial charge in [0.05, 0.1) is 6.04 Å². The summed E-state index contributed by atoms with van der Waals surface area (Å²) in [5, 5.41) is 16.9. The van der Waals surface area contributed by atoms with Crippen LogP contribution in [0.3, 0.4) is 0 Å². The van der Waals surface area contributed by atoms with E-state index in [1.807, 2.05) is 68.4 Å². The molecule has 3 aromatic carbocycles. The molecule has 0 saturated heterocycles. The van der Waals surface area contributed by atoms with Crippen LogP contribution in [0.1, 0.15) is 94.7 Å². The smallest absolute Gasteiger partial charge is 0.243 e. The molecule has 16 N–H and O–H groups in total. The lowest BCUT2D eigenvalue weighted by Crippen LogP contribution is -2.60. The van der Waals surface area contributed by atoms with Crippen molar-refractivity contribution >= 4 is 41.4 Å². The molecule has 0 radical (unpaired) electrons. The van der Waals surface area contributed by atoms with Crippen molar-refractivity contribution in [1.82, 2.24) is 31.9 Å². The van der Waals surface area contributed by atoms with Gasteiger partial charge in [0.25, 0.3) is 0 Å². The first-order chi connectivity index (χ1) is 33.1. The Hall–Kier alpha value is -6.21. The Morgan fingerprint density at radius 2 is 0.899 bits per heavy atom. The number of hydrogen-bond acceptors (Lipinski definition) is 11. The van der Waals surface area contributed by atoms with Crippen LogP contribution < -0.4 is 60.6 Å². The lowest BCUT2D eigenvalue weighted by Gasteiger charge is -2.28. The van der Waals surface area contributed by atoms with Crippen molar-refractivity contribution in [3.05, 3.63) is 95.6 Å². The Bertz CT molecular complexity index is 2120. The highest BCUT2D eigenvalue weighted by Gasteiger charge is 2.34. The van der Waals surface area contributed by atoms with E-state index in [1.165, 1.54) is 0 Å². The number of carbonyl (C=O) groups is 7. The minimum Gasteiger partial charge on any atom is -0.368 e. The highest BCUT2D eigenvalue weighted by molar-refractivity contribution is 5.97. The Morgan fingerprint density at radius 3 is 1.33 bits per heavy atom. The van der Waals surface area contributed by atoms with Gasteiger partial charge >= 0.3 is 0 Å². The van der Waals surface area contributed by atoms with Crippen LogP contribution in [0.25, 0.3) is 11.1 Å². The molecule has 0 fully saturated rings. The van der Waals surface area contributed by atoms with Crippen LogP contribution in [0.5, 0.6) is 0 Å². The lowest BCUT2D eigenvalue weighted by molar-refractivity contribution is -0.135. The first-order valence-electron chi connectivity index (χ1n) is 24.3. The first-order valence-corrected chi connectivity index (χ1v) is 24.3. The first kappa shape index (κ1) is 55.4. The van der Waals surface area contributed by atoms with Gasteiger partial charge in [-0.3, -0.25) is 33.6 Å². The average Bonchev–Trinajstić information content (AvgIpc) is 3.32. The summed E-state index contributed by atoms with van der Waals surface area (Å²) in [5.41, 5.74) is 33.7. The van der Waals surface area contributed by atoms with Gasteiger partial charge < -0.3 is 60.6 Å². The average molecular weight is 954 g/mol. The van der Waals surface area contributed by atoms with Gasteiger partial charge in [0.15, 0.2) is 0 Å². The van der Waals surface area contributed by atoms with Crippen LogP contribution in [0.4, 0.5) is 0 Å². The van der Waals surface area contributed by atoms with E-state index in [4.69, 9.17) is 28.7 Å². The van der Waals surface area contributed by atoms with E-state index < -0.39 is 83.6 Å². The Kier molecular flexibility index (Phi) is 23.2. The lowest BCUT2D eigenvalue weighted by atomic mass is 9.97. The Morgan fingerprint density at radius 1 is 0.507 bits per heavy atom. The zero-order chi connectivity index (χ0) is 50.3. The third-order valence-corrected chi connectivity index (χ3v) is 12.1. The normalized spacial score (nSPS) is 22.6. The minimum absolute atomic E-state index is 0.0403. The Labute approximate surface area is 406 Å². The van der Waals surface area contributed by atoms with Crippen molar-refractivity contribution in [2.75, 3.05) is 19.6 Å². The quantitative estimate of drug-likeness (QED) is 0.0843. The third kappa shape index (κ3) is 18.7. The second kappa shape index (κ2) is 29.0. The molecule has 3 heterocycles. The number of nitrogens with one attached hydrogen (secondary N) is 6. The van der Waals surface area contributed by atoms with Gasteiger partial charge in [-0.1, -0.05) is 92.7 Å². The minimum atomic E-state index is -1.21. The molecule has 376 valence electrons. The molecule has 6 rings (SSSR count). The van der Waals surface area contributed by atoms with Crippen LogP contribution in [0, 0.1) is 5.92 Å². The van der Waals surface area contributed by atoms with Crippen LogP contribution in [-0.4, -0.2) is 103 Å². The second-order valence-corrected chi connectivity index (χ2v) is 18.4.